The van der Waals surface area contributed by atoms with Crippen molar-refractivity contribution in [3.63, 3.8) is 0 Å². The van der Waals surface area contributed by atoms with E-state index in [1.54, 1.807) is 0 Å². The number of halogens is 3. The molecule has 0 N–H and O–H groups in total. The van der Waals surface area contributed by atoms with Crippen LogP contribution >= 0.6 is 0 Å². The maximum absolute atomic E-state index is 13.0. The number of hydrogen-bond donors (Lipinski definition) is 0. The minimum absolute atomic E-state index is 0.0212. The number of esters is 1. The first-order valence-corrected chi connectivity index (χ1v) is 6.98. The van der Waals surface area contributed by atoms with E-state index >= 15 is 0 Å². The van der Waals surface area contributed by atoms with Crippen LogP contribution in [0.1, 0.15) is 12.8 Å². The smallest absolute Gasteiger partial charge is 0.471 e. The van der Waals surface area contributed by atoms with Gasteiger partial charge < -0.3 is 9.47 Å². The Morgan fingerprint density at radius 3 is 2.25 bits per heavy atom. The van der Waals surface area contributed by atoms with Crippen LogP contribution in [0.4, 0.5) is 18.9 Å². The van der Waals surface area contributed by atoms with Crippen LogP contribution in [0.5, 0.6) is 5.75 Å². The van der Waals surface area contributed by atoms with Gasteiger partial charge in [0.2, 0.25) is 0 Å². The molecule has 24 heavy (non-hydrogen) atoms. The molecule has 1 rings (SSSR count). The molecule has 0 aliphatic rings. The van der Waals surface area contributed by atoms with E-state index in [2.05, 4.69) is 11.3 Å². The number of nitrogens with zero attached hydrogens (tertiary/aromatic N) is 1. The van der Waals surface area contributed by atoms with Gasteiger partial charge >= 0.3 is 18.1 Å². The van der Waals surface area contributed by atoms with E-state index in [4.69, 9.17) is 4.74 Å². The molecule has 132 valence electrons. The van der Waals surface area contributed by atoms with Crippen LogP contribution in [0, 0.1) is 0 Å². The number of amides is 1. The zero-order chi connectivity index (χ0) is 18.3. The van der Waals surface area contributed by atoms with Gasteiger partial charge in [-0.25, -0.2) is 0 Å². The quantitative estimate of drug-likeness (QED) is 0.563. The lowest BCUT2D eigenvalue weighted by Crippen LogP contribution is -2.47. The van der Waals surface area contributed by atoms with Crippen LogP contribution in [-0.4, -0.2) is 38.3 Å². The van der Waals surface area contributed by atoms with Crippen molar-refractivity contribution in [3.05, 3.63) is 36.9 Å². The minimum Gasteiger partial charge on any atom is -0.497 e. The highest BCUT2D eigenvalue weighted by Crippen LogP contribution is 2.29. The Balaban J connectivity index is 3.17. The fourth-order valence-electron chi connectivity index (χ4n) is 2.06. The number of carbonyl (C=O) groups is 2. The van der Waals surface area contributed by atoms with Gasteiger partial charge in [0.25, 0.3) is 0 Å². The van der Waals surface area contributed by atoms with Crippen LogP contribution in [0.2, 0.25) is 0 Å². The van der Waals surface area contributed by atoms with Crippen LogP contribution in [-0.2, 0) is 14.3 Å². The van der Waals surface area contributed by atoms with Gasteiger partial charge in [0.15, 0.2) is 0 Å². The molecule has 1 amide bonds. The molecule has 0 spiro atoms. The Morgan fingerprint density at radius 2 is 1.83 bits per heavy atom. The van der Waals surface area contributed by atoms with Gasteiger partial charge in [-0.3, -0.25) is 14.5 Å². The molecule has 0 saturated carbocycles. The maximum atomic E-state index is 13.0. The predicted octanol–water partition coefficient (Wildman–Crippen LogP) is 3.10. The first kappa shape index (κ1) is 19.5. The lowest BCUT2D eigenvalue weighted by molar-refractivity contribution is -0.170. The lowest BCUT2D eigenvalue weighted by Gasteiger charge is -2.30. The van der Waals surface area contributed by atoms with Crippen LogP contribution < -0.4 is 9.64 Å². The van der Waals surface area contributed by atoms with Gasteiger partial charge in [-0.15, -0.1) is 6.58 Å². The average Bonchev–Trinajstić information content (AvgIpc) is 2.57. The molecule has 0 aliphatic heterocycles. The van der Waals surface area contributed by atoms with E-state index in [-0.39, 0.29) is 18.5 Å². The highest BCUT2D eigenvalue weighted by Gasteiger charge is 2.44. The Labute approximate surface area is 137 Å². The third kappa shape index (κ3) is 5.00. The summed E-state index contributed by atoms with van der Waals surface area (Å²) in [7, 11) is 2.59. The number of rotatable bonds is 7. The number of carbonyl (C=O) groups excluding carboxylic acids is 2. The first-order chi connectivity index (χ1) is 11.2. The summed E-state index contributed by atoms with van der Waals surface area (Å²) < 4.78 is 48.3. The molecule has 1 atom stereocenters. The van der Waals surface area contributed by atoms with E-state index in [1.807, 2.05) is 0 Å². The van der Waals surface area contributed by atoms with Gasteiger partial charge in [-0.1, -0.05) is 6.08 Å². The molecule has 8 heteroatoms. The predicted molar refractivity (Wildman–Crippen MR) is 81.8 cm³/mol. The van der Waals surface area contributed by atoms with Gasteiger partial charge in [0.1, 0.15) is 5.75 Å². The molecule has 1 aromatic carbocycles. The monoisotopic (exact) mass is 345 g/mol. The Kier molecular flexibility index (Phi) is 6.82. The number of ether oxygens (including phenoxy) is 2. The summed E-state index contributed by atoms with van der Waals surface area (Å²) >= 11 is 0. The Bertz CT molecular complexity index is 584. The van der Waals surface area contributed by atoms with E-state index in [0.717, 1.165) is 0 Å². The summed E-state index contributed by atoms with van der Waals surface area (Å²) in [6, 6.07) is 4.51. The van der Waals surface area contributed by atoms with Crippen LogP contribution in [0.15, 0.2) is 36.9 Å². The summed E-state index contributed by atoms with van der Waals surface area (Å²) in [5.74, 6) is -2.19. The molecule has 1 aromatic rings. The summed E-state index contributed by atoms with van der Waals surface area (Å²) in [6.07, 6.45) is -4.07. The third-order valence-electron chi connectivity index (χ3n) is 3.29. The molecule has 0 radical (unpaired) electrons. The molecule has 0 fully saturated rings. The van der Waals surface area contributed by atoms with Gasteiger partial charge in [-0.2, -0.15) is 13.2 Å². The Hall–Kier alpha value is -2.51. The summed E-state index contributed by atoms with van der Waals surface area (Å²) in [4.78, 5) is 23.6. The normalized spacial score (nSPS) is 12.2. The maximum Gasteiger partial charge on any atom is 0.471 e. The van der Waals surface area contributed by atoms with Crippen molar-refractivity contribution in [1.82, 2.24) is 0 Å². The highest BCUT2D eigenvalue weighted by molar-refractivity contribution is 5.98. The number of alkyl halides is 3. The molecule has 0 heterocycles. The summed E-state index contributed by atoms with van der Waals surface area (Å²) in [6.45, 7) is 3.47. The molecule has 0 bridgehead atoms. The van der Waals surface area contributed by atoms with Gasteiger partial charge in [0, 0.05) is 12.1 Å². The molecule has 0 saturated heterocycles. The number of hydrogen-bond acceptors (Lipinski definition) is 4. The molecule has 0 unspecified atom stereocenters. The van der Waals surface area contributed by atoms with E-state index < -0.39 is 24.1 Å². The van der Waals surface area contributed by atoms with Crippen molar-refractivity contribution in [2.75, 3.05) is 19.1 Å². The number of methoxy groups -OCH3 is 2. The molecular formula is C16H18F3NO4. The van der Waals surface area contributed by atoms with Crippen molar-refractivity contribution < 1.29 is 32.2 Å². The Morgan fingerprint density at radius 1 is 1.25 bits per heavy atom. The second kappa shape index (κ2) is 8.37. The van der Waals surface area contributed by atoms with Crippen molar-refractivity contribution in [2.24, 2.45) is 0 Å². The fourth-order valence-corrected chi connectivity index (χ4v) is 2.06. The zero-order valence-corrected chi connectivity index (χ0v) is 13.3. The van der Waals surface area contributed by atoms with Gasteiger partial charge in [-0.05, 0) is 30.7 Å². The van der Waals surface area contributed by atoms with E-state index in [0.29, 0.717) is 10.6 Å². The van der Waals surface area contributed by atoms with E-state index in [1.165, 1.54) is 44.6 Å². The minimum atomic E-state index is -5.06. The van der Waals surface area contributed by atoms with Crippen LogP contribution in [0.3, 0.4) is 0 Å². The topological polar surface area (TPSA) is 55.8 Å². The van der Waals surface area contributed by atoms with Gasteiger partial charge in [0.05, 0.1) is 20.3 Å². The average molecular weight is 345 g/mol. The third-order valence-corrected chi connectivity index (χ3v) is 3.29. The second-order valence-electron chi connectivity index (χ2n) is 4.79. The lowest BCUT2D eigenvalue weighted by atomic mass is 10.1. The zero-order valence-electron chi connectivity index (χ0n) is 13.3. The van der Waals surface area contributed by atoms with Crippen molar-refractivity contribution in [3.8, 4) is 5.75 Å². The number of anilines is 1. The highest BCUT2D eigenvalue weighted by atomic mass is 19.4. The van der Waals surface area contributed by atoms with Crippen molar-refractivity contribution >= 4 is 17.6 Å². The first-order valence-electron chi connectivity index (χ1n) is 6.98. The molecule has 5 nitrogen and oxygen atoms in total. The molecule has 0 aliphatic carbocycles. The van der Waals surface area contributed by atoms with Crippen molar-refractivity contribution in [2.45, 2.75) is 25.1 Å². The molecular weight excluding hydrogens is 327 g/mol. The fraction of sp³-hybridized carbons (Fsp3) is 0.375. The summed E-state index contributed by atoms with van der Waals surface area (Å²) in [5.41, 5.74) is 0.0212. The largest absolute Gasteiger partial charge is 0.497 e. The number of benzene rings is 1. The van der Waals surface area contributed by atoms with E-state index in [9.17, 15) is 22.8 Å². The van der Waals surface area contributed by atoms with Crippen molar-refractivity contribution in [1.29, 1.82) is 0 Å². The standard InChI is InChI=1S/C16H18F3NO4/c1-4-11(7-10-14(21)24-3)20(15(22)16(17,18)19)12-5-8-13(23-2)9-6-12/h4-6,8-9,11H,1,7,10H2,2-3H3/t11-/m1/s1. The molecule has 0 aromatic heterocycles. The van der Waals surface area contributed by atoms with Crippen LogP contribution in [0.25, 0.3) is 0 Å². The summed E-state index contributed by atoms with van der Waals surface area (Å²) in [5, 5.41) is 0. The SMILES string of the molecule is C=C[C@H](CCC(=O)OC)N(C(=O)C(F)(F)F)c1ccc(OC)cc1. The second-order valence-corrected chi connectivity index (χ2v) is 4.79.